The number of rotatable bonds is 9. The average molecular weight is 398 g/mol. The SMILES string of the molecule is CCO[Si](OCC)(OCC)S(=O)(=O)c1cccc2c(N(C)C)cccc12. The molecular weight excluding hydrogens is 370 g/mol. The van der Waals surface area contributed by atoms with Gasteiger partial charge in [-0.25, -0.2) is 8.42 Å². The van der Waals surface area contributed by atoms with Crippen molar-refractivity contribution >= 4 is 33.7 Å². The molecule has 144 valence electrons. The van der Waals surface area contributed by atoms with Crippen LogP contribution in [-0.2, 0) is 22.6 Å². The van der Waals surface area contributed by atoms with Gasteiger partial charge in [0.25, 0.3) is 0 Å². The lowest BCUT2D eigenvalue weighted by molar-refractivity contribution is 0.0931. The van der Waals surface area contributed by atoms with Gasteiger partial charge in [-0.1, -0.05) is 24.3 Å². The van der Waals surface area contributed by atoms with Crippen molar-refractivity contribution in [2.45, 2.75) is 25.7 Å². The Hall–Kier alpha value is -1.45. The van der Waals surface area contributed by atoms with Gasteiger partial charge >= 0.3 is 7.95 Å². The predicted molar refractivity (Wildman–Crippen MR) is 106 cm³/mol. The van der Waals surface area contributed by atoms with Gasteiger partial charge in [-0.05, 0) is 32.9 Å². The molecule has 0 radical (unpaired) electrons. The number of hydrogen-bond donors (Lipinski definition) is 0. The highest BCUT2D eigenvalue weighted by atomic mass is 32.4. The summed E-state index contributed by atoms with van der Waals surface area (Å²) in [4.78, 5) is 2.14. The van der Waals surface area contributed by atoms with E-state index in [1.807, 2.05) is 37.2 Å². The van der Waals surface area contributed by atoms with Crippen LogP contribution >= 0.6 is 0 Å². The highest BCUT2D eigenvalue weighted by Gasteiger charge is 2.57. The van der Waals surface area contributed by atoms with E-state index < -0.39 is 17.2 Å². The normalized spacial score (nSPS) is 12.5. The van der Waals surface area contributed by atoms with Crippen LogP contribution in [0.1, 0.15) is 20.8 Å². The maximum atomic E-state index is 13.6. The van der Waals surface area contributed by atoms with Crippen molar-refractivity contribution in [2.75, 3.05) is 38.8 Å². The molecule has 0 unspecified atom stereocenters. The van der Waals surface area contributed by atoms with Crippen molar-refractivity contribution in [2.24, 2.45) is 0 Å². The molecule has 0 aliphatic rings. The van der Waals surface area contributed by atoms with E-state index in [4.69, 9.17) is 13.3 Å². The molecule has 0 aromatic heterocycles. The summed E-state index contributed by atoms with van der Waals surface area (Å²) in [6.07, 6.45) is 0. The molecule has 0 amide bonds. The Morgan fingerprint density at radius 2 is 1.35 bits per heavy atom. The topological polar surface area (TPSA) is 65.1 Å². The van der Waals surface area contributed by atoms with Crippen molar-refractivity contribution < 1.29 is 21.7 Å². The van der Waals surface area contributed by atoms with Gasteiger partial charge in [0.15, 0.2) is 0 Å². The first-order valence-corrected chi connectivity index (χ1v) is 12.6. The quantitative estimate of drug-likeness (QED) is 0.605. The fourth-order valence-corrected chi connectivity index (χ4v) is 9.48. The van der Waals surface area contributed by atoms with E-state index in [9.17, 15) is 8.42 Å². The van der Waals surface area contributed by atoms with E-state index in [1.165, 1.54) is 0 Å². The van der Waals surface area contributed by atoms with E-state index in [2.05, 4.69) is 0 Å². The van der Waals surface area contributed by atoms with E-state index >= 15 is 0 Å². The van der Waals surface area contributed by atoms with Gasteiger partial charge < -0.3 is 18.2 Å². The molecule has 0 atom stereocenters. The van der Waals surface area contributed by atoms with Crippen molar-refractivity contribution in [1.29, 1.82) is 0 Å². The number of fused-ring (bicyclic) bond motifs is 1. The van der Waals surface area contributed by atoms with Crippen molar-refractivity contribution in [3.05, 3.63) is 36.4 Å². The molecule has 8 heteroatoms. The van der Waals surface area contributed by atoms with Crippen LogP contribution in [0.25, 0.3) is 10.8 Å². The Kier molecular flexibility index (Phi) is 6.81. The van der Waals surface area contributed by atoms with Gasteiger partial charge in [-0.3, -0.25) is 0 Å². The van der Waals surface area contributed by atoms with Crippen LogP contribution in [0.2, 0.25) is 0 Å². The van der Waals surface area contributed by atoms with Crippen LogP contribution in [0.3, 0.4) is 0 Å². The van der Waals surface area contributed by atoms with E-state index in [-0.39, 0.29) is 24.7 Å². The first-order chi connectivity index (χ1) is 12.3. The fraction of sp³-hybridized carbons (Fsp3) is 0.444. The zero-order valence-corrected chi connectivity index (χ0v) is 17.8. The molecule has 26 heavy (non-hydrogen) atoms. The summed E-state index contributed by atoms with van der Waals surface area (Å²) in [5.74, 6) is 0. The smallest absolute Gasteiger partial charge is 0.377 e. The molecule has 2 aromatic carbocycles. The lowest BCUT2D eigenvalue weighted by atomic mass is 10.1. The van der Waals surface area contributed by atoms with Crippen molar-refractivity contribution in [3.8, 4) is 0 Å². The number of benzene rings is 2. The highest BCUT2D eigenvalue weighted by Crippen LogP contribution is 2.34. The highest BCUT2D eigenvalue weighted by molar-refractivity contribution is 8.19. The van der Waals surface area contributed by atoms with E-state index in [0.29, 0.717) is 5.39 Å². The molecule has 0 bridgehead atoms. The summed E-state index contributed by atoms with van der Waals surface area (Å²) in [6.45, 7) is 5.80. The second kappa shape index (κ2) is 8.49. The number of hydrogen-bond acceptors (Lipinski definition) is 6. The van der Waals surface area contributed by atoms with Crippen molar-refractivity contribution in [3.63, 3.8) is 0 Å². The average Bonchev–Trinajstić information content (AvgIpc) is 2.60. The third-order valence-electron chi connectivity index (χ3n) is 3.92. The molecular formula is C18H27NO5SSi. The second-order valence-corrected chi connectivity index (χ2v) is 12.3. The molecule has 0 fully saturated rings. The summed E-state index contributed by atoms with van der Waals surface area (Å²) in [5, 5.41) is 1.49. The lowest BCUT2D eigenvalue weighted by Crippen LogP contribution is -2.53. The largest absolute Gasteiger partial charge is 0.640 e. The van der Waals surface area contributed by atoms with Crippen LogP contribution in [0.4, 0.5) is 5.69 Å². The number of anilines is 1. The van der Waals surface area contributed by atoms with E-state index in [0.717, 1.165) is 11.1 Å². The molecule has 0 spiro atoms. The zero-order chi connectivity index (χ0) is 19.4. The molecule has 0 saturated carbocycles. The number of nitrogens with zero attached hydrogens (tertiary/aromatic N) is 1. The fourth-order valence-electron chi connectivity index (χ4n) is 2.91. The second-order valence-electron chi connectivity index (χ2n) is 5.83. The maximum Gasteiger partial charge on any atom is 0.640 e. The van der Waals surface area contributed by atoms with E-state index in [1.54, 1.807) is 39.0 Å². The molecule has 0 heterocycles. The third-order valence-corrected chi connectivity index (χ3v) is 11.1. The minimum absolute atomic E-state index is 0.181. The monoisotopic (exact) mass is 397 g/mol. The Labute approximate surface area is 156 Å². The summed E-state index contributed by atoms with van der Waals surface area (Å²) in [7, 11) is -4.08. The summed E-state index contributed by atoms with van der Waals surface area (Å²) in [5.41, 5.74) is 0.941. The van der Waals surface area contributed by atoms with Gasteiger partial charge in [0, 0.05) is 50.4 Å². The minimum atomic E-state index is -3.97. The van der Waals surface area contributed by atoms with Crippen LogP contribution in [-0.4, -0.2) is 50.3 Å². The molecule has 0 aliphatic carbocycles. The minimum Gasteiger partial charge on any atom is -0.377 e. The zero-order valence-electron chi connectivity index (χ0n) is 16.0. The van der Waals surface area contributed by atoms with Crippen LogP contribution in [0.5, 0.6) is 0 Å². The Balaban J connectivity index is 2.76. The summed E-state index contributed by atoms with van der Waals surface area (Å²) < 4.78 is 44.1. The molecule has 0 saturated heterocycles. The summed E-state index contributed by atoms with van der Waals surface area (Å²) >= 11 is 0. The predicted octanol–water partition coefficient (Wildman–Crippen LogP) is 3.22. The Morgan fingerprint density at radius 1 is 0.846 bits per heavy atom. The molecule has 0 N–H and O–H groups in total. The van der Waals surface area contributed by atoms with Gasteiger partial charge in [0.1, 0.15) is 0 Å². The molecule has 2 rings (SSSR count). The Morgan fingerprint density at radius 3 is 1.85 bits per heavy atom. The maximum absolute atomic E-state index is 13.6. The third kappa shape index (κ3) is 3.65. The van der Waals surface area contributed by atoms with Crippen LogP contribution in [0, 0.1) is 0 Å². The molecule has 6 nitrogen and oxygen atoms in total. The van der Waals surface area contributed by atoms with Gasteiger partial charge in [0.2, 0.25) is 9.29 Å². The van der Waals surface area contributed by atoms with Gasteiger partial charge in [-0.2, -0.15) is 0 Å². The van der Waals surface area contributed by atoms with Crippen LogP contribution in [0.15, 0.2) is 41.3 Å². The van der Waals surface area contributed by atoms with Crippen molar-refractivity contribution in [1.82, 2.24) is 0 Å². The first-order valence-electron chi connectivity index (χ1n) is 8.70. The standard InChI is InChI=1S/C18H27NO5SSi/c1-6-22-26(23-7-2,24-8-3)25(20,21)18-14-10-11-15-16(18)12-9-13-17(15)19(4)5/h9-14H,6-8H2,1-5H3. The molecule has 2 aromatic rings. The van der Waals surface area contributed by atoms with Gasteiger partial charge in [0.05, 0.1) is 4.90 Å². The lowest BCUT2D eigenvalue weighted by Gasteiger charge is -2.28. The van der Waals surface area contributed by atoms with Gasteiger partial charge in [-0.15, -0.1) is 0 Å². The summed E-state index contributed by atoms with van der Waals surface area (Å²) in [6, 6.07) is 10.9. The Bertz CT molecular complexity index is 837. The first kappa shape index (κ1) is 20.9. The van der Waals surface area contributed by atoms with Crippen LogP contribution < -0.4 is 4.90 Å². The molecule has 0 aliphatic heterocycles.